The van der Waals surface area contributed by atoms with Crippen LogP contribution in [0.5, 0.6) is 0 Å². The summed E-state index contributed by atoms with van der Waals surface area (Å²) in [7, 11) is 0. The predicted octanol–water partition coefficient (Wildman–Crippen LogP) is 2.30. The molecule has 0 unspecified atom stereocenters. The number of nitrogens with zero attached hydrogens (tertiary/aromatic N) is 3. The van der Waals surface area contributed by atoms with E-state index in [1.807, 2.05) is 0 Å². The number of aromatic nitrogens is 2. The lowest BCUT2D eigenvalue weighted by molar-refractivity contribution is -0.384. The highest BCUT2D eigenvalue weighted by molar-refractivity contribution is 9.10. The molecule has 0 bridgehead atoms. The van der Waals surface area contributed by atoms with Crippen LogP contribution in [-0.2, 0) is 0 Å². The number of rotatable bonds is 1. The molecule has 5 nitrogen and oxygen atoms in total. The summed E-state index contributed by atoms with van der Waals surface area (Å²) >= 11 is 3.26. The van der Waals surface area contributed by atoms with E-state index in [9.17, 15) is 10.1 Å². The highest BCUT2D eigenvalue weighted by Crippen LogP contribution is 2.24. The van der Waals surface area contributed by atoms with E-state index in [2.05, 4.69) is 26.1 Å². The molecule has 2 rings (SSSR count). The Morgan fingerprint density at radius 1 is 1.43 bits per heavy atom. The van der Waals surface area contributed by atoms with Crippen molar-refractivity contribution in [3.8, 4) is 0 Å². The van der Waals surface area contributed by atoms with E-state index >= 15 is 0 Å². The second kappa shape index (κ2) is 3.30. The zero-order chi connectivity index (χ0) is 10.1. The zero-order valence-corrected chi connectivity index (χ0v) is 8.43. The fraction of sp³-hybridized carbons (Fsp3) is 0. The minimum Gasteiger partial charge on any atom is -0.258 e. The first-order chi connectivity index (χ1) is 6.68. The molecule has 1 heterocycles. The summed E-state index contributed by atoms with van der Waals surface area (Å²) in [6.45, 7) is 0. The maximum absolute atomic E-state index is 10.5. The third kappa shape index (κ3) is 1.44. The van der Waals surface area contributed by atoms with E-state index in [-0.39, 0.29) is 5.69 Å². The Kier molecular flexibility index (Phi) is 2.12. The fourth-order valence-electron chi connectivity index (χ4n) is 1.13. The number of hydrogen-bond acceptors (Lipinski definition) is 4. The smallest absolute Gasteiger partial charge is 0.258 e. The van der Waals surface area contributed by atoms with Crippen LogP contribution in [0.15, 0.2) is 28.9 Å². The minimum atomic E-state index is -0.438. The van der Waals surface area contributed by atoms with Gasteiger partial charge in [-0.15, -0.1) is 0 Å². The number of halogens is 1. The summed E-state index contributed by atoms with van der Waals surface area (Å²) < 4.78 is 0.700. The van der Waals surface area contributed by atoms with Gasteiger partial charge >= 0.3 is 0 Å². The first-order valence-corrected chi connectivity index (χ1v) is 4.53. The van der Waals surface area contributed by atoms with E-state index in [1.54, 1.807) is 6.07 Å². The number of nitro groups is 1. The summed E-state index contributed by atoms with van der Waals surface area (Å²) in [5, 5.41) is 18.8. The SMILES string of the molecule is O=[N+]([O-])c1ccc2nncc(Br)c2c1. The van der Waals surface area contributed by atoms with Crippen molar-refractivity contribution in [3.05, 3.63) is 39.0 Å². The van der Waals surface area contributed by atoms with Crippen molar-refractivity contribution in [2.45, 2.75) is 0 Å². The first-order valence-electron chi connectivity index (χ1n) is 3.74. The standard InChI is InChI=1S/C8H4BrN3O2/c9-7-4-10-11-8-2-1-5(12(13)14)3-6(7)8/h1-4H. The average Bonchev–Trinajstić information content (AvgIpc) is 2.18. The van der Waals surface area contributed by atoms with Crippen LogP contribution in [0.25, 0.3) is 10.9 Å². The molecule has 6 heteroatoms. The number of hydrogen-bond donors (Lipinski definition) is 0. The van der Waals surface area contributed by atoms with Crippen molar-refractivity contribution in [1.29, 1.82) is 0 Å². The van der Waals surface area contributed by atoms with Crippen LogP contribution in [-0.4, -0.2) is 15.1 Å². The van der Waals surface area contributed by atoms with Crippen LogP contribution in [0.2, 0.25) is 0 Å². The van der Waals surface area contributed by atoms with Crippen LogP contribution in [0.3, 0.4) is 0 Å². The number of nitro benzene ring substituents is 1. The van der Waals surface area contributed by atoms with Crippen LogP contribution in [0.4, 0.5) is 5.69 Å². The van der Waals surface area contributed by atoms with E-state index < -0.39 is 4.92 Å². The van der Waals surface area contributed by atoms with Crippen LogP contribution >= 0.6 is 15.9 Å². The van der Waals surface area contributed by atoms with E-state index in [1.165, 1.54) is 18.3 Å². The van der Waals surface area contributed by atoms with Gasteiger partial charge in [0.1, 0.15) is 0 Å². The number of fused-ring (bicyclic) bond motifs is 1. The molecule has 0 aliphatic rings. The second-order valence-electron chi connectivity index (χ2n) is 2.65. The maximum atomic E-state index is 10.5. The summed E-state index contributed by atoms with van der Waals surface area (Å²) in [6, 6.07) is 4.45. The molecule has 14 heavy (non-hydrogen) atoms. The van der Waals surface area contributed by atoms with Gasteiger partial charge in [-0.3, -0.25) is 10.1 Å². The van der Waals surface area contributed by atoms with Crippen molar-refractivity contribution in [3.63, 3.8) is 0 Å². The van der Waals surface area contributed by atoms with Gasteiger partial charge in [0.2, 0.25) is 0 Å². The Balaban J connectivity index is 2.76. The van der Waals surface area contributed by atoms with Gasteiger partial charge in [0, 0.05) is 22.0 Å². The van der Waals surface area contributed by atoms with E-state index in [4.69, 9.17) is 0 Å². The molecule has 2 aromatic rings. The van der Waals surface area contributed by atoms with E-state index in [0.29, 0.717) is 15.4 Å². The van der Waals surface area contributed by atoms with Crippen molar-refractivity contribution in [2.75, 3.05) is 0 Å². The maximum Gasteiger partial charge on any atom is 0.270 e. The zero-order valence-electron chi connectivity index (χ0n) is 6.85. The Morgan fingerprint density at radius 3 is 2.93 bits per heavy atom. The summed E-state index contributed by atoms with van der Waals surface area (Å²) in [6.07, 6.45) is 1.51. The summed E-state index contributed by atoms with van der Waals surface area (Å²) in [5.41, 5.74) is 0.677. The molecule has 0 saturated heterocycles. The van der Waals surface area contributed by atoms with Crippen molar-refractivity contribution in [2.24, 2.45) is 0 Å². The van der Waals surface area contributed by atoms with Gasteiger partial charge < -0.3 is 0 Å². The average molecular weight is 254 g/mol. The van der Waals surface area contributed by atoms with Gasteiger partial charge in [-0.05, 0) is 22.0 Å². The lowest BCUT2D eigenvalue weighted by Crippen LogP contribution is -1.89. The lowest BCUT2D eigenvalue weighted by Gasteiger charge is -1.97. The molecule has 0 amide bonds. The van der Waals surface area contributed by atoms with Gasteiger partial charge in [0.15, 0.2) is 0 Å². The molecule has 0 fully saturated rings. The molecule has 0 aliphatic heterocycles. The largest absolute Gasteiger partial charge is 0.270 e. The molecule has 0 radical (unpaired) electrons. The molecular weight excluding hydrogens is 250 g/mol. The summed E-state index contributed by atoms with van der Waals surface area (Å²) in [5.74, 6) is 0. The topological polar surface area (TPSA) is 68.9 Å². The molecular formula is C8H4BrN3O2. The molecule has 0 spiro atoms. The highest BCUT2D eigenvalue weighted by atomic mass is 79.9. The highest BCUT2D eigenvalue weighted by Gasteiger charge is 2.08. The quantitative estimate of drug-likeness (QED) is 0.578. The molecule has 1 aromatic heterocycles. The van der Waals surface area contributed by atoms with Crippen LogP contribution in [0, 0.1) is 10.1 Å². The molecule has 0 saturated carbocycles. The van der Waals surface area contributed by atoms with Gasteiger partial charge in [-0.1, -0.05) is 0 Å². The van der Waals surface area contributed by atoms with Crippen LogP contribution < -0.4 is 0 Å². The third-order valence-corrected chi connectivity index (χ3v) is 2.42. The normalized spacial score (nSPS) is 10.4. The second-order valence-corrected chi connectivity index (χ2v) is 3.51. The number of benzene rings is 1. The molecule has 0 atom stereocenters. The minimum absolute atomic E-state index is 0.0474. The number of non-ortho nitro benzene ring substituents is 1. The summed E-state index contributed by atoms with van der Waals surface area (Å²) in [4.78, 5) is 10.1. The lowest BCUT2D eigenvalue weighted by atomic mass is 10.2. The molecule has 70 valence electrons. The van der Waals surface area contributed by atoms with Gasteiger partial charge in [-0.2, -0.15) is 10.2 Å². The van der Waals surface area contributed by atoms with E-state index in [0.717, 1.165) is 0 Å². The monoisotopic (exact) mass is 253 g/mol. The van der Waals surface area contributed by atoms with Crippen molar-refractivity contribution >= 4 is 32.5 Å². The Morgan fingerprint density at radius 2 is 2.21 bits per heavy atom. The fourth-order valence-corrected chi connectivity index (χ4v) is 1.54. The molecule has 1 aromatic carbocycles. The Labute approximate surface area is 87.0 Å². The Bertz CT molecular complexity index is 515. The van der Waals surface area contributed by atoms with Gasteiger partial charge in [0.25, 0.3) is 5.69 Å². The Hall–Kier alpha value is -1.56. The van der Waals surface area contributed by atoms with Crippen molar-refractivity contribution in [1.82, 2.24) is 10.2 Å². The van der Waals surface area contributed by atoms with Gasteiger partial charge in [0.05, 0.1) is 16.6 Å². The molecule has 0 aliphatic carbocycles. The van der Waals surface area contributed by atoms with Crippen LogP contribution in [0.1, 0.15) is 0 Å². The predicted molar refractivity (Wildman–Crippen MR) is 53.9 cm³/mol. The third-order valence-electron chi connectivity index (χ3n) is 1.78. The molecule has 0 N–H and O–H groups in total. The van der Waals surface area contributed by atoms with Gasteiger partial charge in [-0.25, -0.2) is 0 Å². The first kappa shape index (κ1) is 9.01. The van der Waals surface area contributed by atoms with Crippen molar-refractivity contribution < 1.29 is 4.92 Å².